The van der Waals surface area contributed by atoms with E-state index in [0.29, 0.717) is 5.75 Å². The standard InChI is InChI=1S/C24H31NO3/c1-27-24(28-2)23-9-5-6-14-25(23)19-12-10-17(11-13-19)22-16-20(26)15-18-7-3-4-8-21(18)22/h10-13,15-16,23-24,26H,3-9,14H2,1-2H3. The third kappa shape index (κ3) is 3.76. The Kier molecular flexibility index (Phi) is 5.88. The third-order valence-electron chi connectivity index (χ3n) is 6.29. The van der Waals surface area contributed by atoms with E-state index in [1.54, 1.807) is 14.2 Å². The van der Waals surface area contributed by atoms with Crippen molar-refractivity contribution in [3.63, 3.8) is 0 Å². The Morgan fingerprint density at radius 3 is 2.46 bits per heavy atom. The minimum absolute atomic E-state index is 0.210. The number of phenols is 1. The highest BCUT2D eigenvalue weighted by Gasteiger charge is 2.30. The van der Waals surface area contributed by atoms with Crippen molar-refractivity contribution < 1.29 is 14.6 Å². The van der Waals surface area contributed by atoms with Crippen molar-refractivity contribution in [1.29, 1.82) is 0 Å². The van der Waals surface area contributed by atoms with Crippen LogP contribution in [-0.4, -0.2) is 38.2 Å². The molecule has 1 unspecified atom stereocenters. The number of aromatic hydroxyl groups is 1. The average Bonchev–Trinajstić information content (AvgIpc) is 2.74. The van der Waals surface area contributed by atoms with Gasteiger partial charge < -0.3 is 19.5 Å². The molecule has 150 valence electrons. The molecule has 2 aliphatic rings. The van der Waals surface area contributed by atoms with E-state index in [1.807, 2.05) is 12.1 Å². The molecule has 0 amide bonds. The predicted molar refractivity (Wildman–Crippen MR) is 113 cm³/mol. The number of hydrogen-bond donors (Lipinski definition) is 1. The van der Waals surface area contributed by atoms with Gasteiger partial charge >= 0.3 is 0 Å². The van der Waals surface area contributed by atoms with E-state index >= 15 is 0 Å². The first-order chi connectivity index (χ1) is 13.7. The van der Waals surface area contributed by atoms with Gasteiger partial charge in [-0.1, -0.05) is 12.1 Å². The lowest BCUT2D eigenvalue weighted by atomic mass is 9.85. The van der Waals surface area contributed by atoms with Crippen LogP contribution in [0, 0.1) is 0 Å². The van der Waals surface area contributed by atoms with E-state index in [-0.39, 0.29) is 12.3 Å². The van der Waals surface area contributed by atoms with Crippen molar-refractivity contribution in [1.82, 2.24) is 0 Å². The van der Waals surface area contributed by atoms with Gasteiger partial charge in [-0.2, -0.15) is 0 Å². The summed E-state index contributed by atoms with van der Waals surface area (Å²) in [5.41, 5.74) is 6.29. The maximum atomic E-state index is 10.2. The minimum Gasteiger partial charge on any atom is -0.508 e. The quantitative estimate of drug-likeness (QED) is 0.747. The lowest BCUT2D eigenvalue weighted by Gasteiger charge is -2.40. The van der Waals surface area contributed by atoms with Gasteiger partial charge in [0, 0.05) is 26.5 Å². The van der Waals surface area contributed by atoms with Gasteiger partial charge in [-0.3, -0.25) is 0 Å². The van der Waals surface area contributed by atoms with E-state index in [9.17, 15) is 5.11 Å². The van der Waals surface area contributed by atoms with Crippen LogP contribution >= 0.6 is 0 Å². The summed E-state index contributed by atoms with van der Waals surface area (Å²) in [6.07, 6.45) is 7.88. The molecule has 2 aromatic rings. The van der Waals surface area contributed by atoms with Crippen molar-refractivity contribution in [2.24, 2.45) is 0 Å². The molecule has 1 aliphatic carbocycles. The molecule has 0 saturated carbocycles. The zero-order chi connectivity index (χ0) is 19.5. The number of ether oxygens (including phenoxy) is 2. The summed E-state index contributed by atoms with van der Waals surface area (Å²) in [7, 11) is 3.43. The van der Waals surface area contributed by atoms with Crippen LogP contribution in [-0.2, 0) is 22.3 Å². The highest BCUT2D eigenvalue weighted by atomic mass is 16.7. The molecule has 0 radical (unpaired) electrons. The number of aryl methyl sites for hydroxylation is 1. The highest BCUT2D eigenvalue weighted by molar-refractivity contribution is 5.72. The zero-order valence-electron chi connectivity index (χ0n) is 17.0. The lowest BCUT2D eigenvalue weighted by Crippen LogP contribution is -2.48. The summed E-state index contributed by atoms with van der Waals surface area (Å²) in [6, 6.07) is 12.9. The fourth-order valence-corrected chi connectivity index (χ4v) is 4.91. The van der Waals surface area contributed by atoms with E-state index in [4.69, 9.17) is 9.47 Å². The molecule has 1 heterocycles. The van der Waals surface area contributed by atoms with Crippen LogP contribution in [0.3, 0.4) is 0 Å². The van der Waals surface area contributed by atoms with Crippen LogP contribution in [0.15, 0.2) is 36.4 Å². The van der Waals surface area contributed by atoms with Crippen LogP contribution in [0.1, 0.15) is 43.2 Å². The normalized spacial score (nSPS) is 19.7. The lowest BCUT2D eigenvalue weighted by molar-refractivity contribution is -0.120. The number of hydrogen-bond acceptors (Lipinski definition) is 4. The zero-order valence-corrected chi connectivity index (χ0v) is 17.0. The highest BCUT2D eigenvalue weighted by Crippen LogP contribution is 2.36. The van der Waals surface area contributed by atoms with Gasteiger partial charge in [0.2, 0.25) is 0 Å². The van der Waals surface area contributed by atoms with Crippen LogP contribution in [0.25, 0.3) is 11.1 Å². The van der Waals surface area contributed by atoms with Crippen molar-refractivity contribution in [3.8, 4) is 16.9 Å². The number of piperidine rings is 1. The van der Waals surface area contributed by atoms with E-state index in [1.165, 1.54) is 53.6 Å². The Hall–Kier alpha value is -2.04. The van der Waals surface area contributed by atoms with Gasteiger partial charge in [-0.05, 0) is 91.5 Å². The monoisotopic (exact) mass is 381 g/mol. The van der Waals surface area contributed by atoms with Crippen molar-refractivity contribution in [3.05, 3.63) is 47.5 Å². The molecule has 1 atom stereocenters. The number of phenolic OH excluding ortho intramolecular Hbond substituents is 1. The fourth-order valence-electron chi connectivity index (χ4n) is 4.91. The van der Waals surface area contributed by atoms with Gasteiger partial charge in [-0.25, -0.2) is 0 Å². The van der Waals surface area contributed by atoms with Crippen molar-refractivity contribution in [2.75, 3.05) is 25.7 Å². The number of rotatable bonds is 5. The summed E-state index contributed by atoms with van der Waals surface area (Å²) >= 11 is 0. The van der Waals surface area contributed by atoms with Crippen LogP contribution in [0.2, 0.25) is 0 Å². The van der Waals surface area contributed by atoms with Gasteiger partial charge in [-0.15, -0.1) is 0 Å². The first-order valence-electron chi connectivity index (χ1n) is 10.5. The van der Waals surface area contributed by atoms with Crippen LogP contribution in [0.4, 0.5) is 5.69 Å². The van der Waals surface area contributed by atoms with Crippen LogP contribution < -0.4 is 4.90 Å². The van der Waals surface area contributed by atoms with E-state index in [0.717, 1.165) is 25.8 Å². The van der Waals surface area contributed by atoms with Gasteiger partial charge in [0.25, 0.3) is 0 Å². The average molecular weight is 382 g/mol. The SMILES string of the molecule is COC(OC)C1CCCCN1c1ccc(-c2cc(O)cc3c2CCCC3)cc1. The molecule has 4 nitrogen and oxygen atoms in total. The predicted octanol–water partition coefficient (Wildman–Crippen LogP) is 4.92. The Morgan fingerprint density at radius 2 is 1.71 bits per heavy atom. The second-order valence-electron chi connectivity index (χ2n) is 7.98. The Balaban J connectivity index is 1.63. The van der Waals surface area contributed by atoms with Gasteiger partial charge in [0.1, 0.15) is 5.75 Å². The molecule has 1 fully saturated rings. The molecule has 28 heavy (non-hydrogen) atoms. The topological polar surface area (TPSA) is 41.9 Å². The van der Waals surface area contributed by atoms with Gasteiger partial charge in [0.05, 0.1) is 6.04 Å². The molecule has 1 saturated heterocycles. The smallest absolute Gasteiger partial charge is 0.177 e. The summed E-state index contributed by atoms with van der Waals surface area (Å²) < 4.78 is 11.1. The number of benzene rings is 2. The largest absolute Gasteiger partial charge is 0.508 e. The third-order valence-corrected chi connectivity index (χ3v) is 6.29. The number of fused-ring (bicyclic) bond motifs is 1. The molecule has 0 aromatic heterocycles. The molecule has 4 rings (SSSR count). The van der Waals surface area contributed by atoms with E-state index in [2.05, 4.69) is 29.2 Å². The summed E-state index contributed by atoms with van der Waals surface area (Å²) in [5.74, 6) is 0.374. The number of nitrogens with zero attached hydrogens (tertiary/aromatic N) is 1. The Labute approximate surface area is 168 Å². The maximum Gasteiger partial charge on any atom is 0.177 e. The molecule has 1 aliphatic heterocycles. The van der Waals surface area contributed by atoms with Gasteiger partial charge in [0.15, 0.2) is 6.29 Å². The summed E-state index contributed by atoms with van der Waals surface area (Å²) in [4.78, 5) is 2.42. The fraction of sp³-hybridized carbons (Fsp3) is 0.500. The number of anilines is 1. The summed E-state index contributed by atoms with van der Waals surface area (Å²) in [5, 5.41) is 10.2. The maximum absolute atomic E-state index is 10.2. The molecule has 0 bridgehead atoms. The molecule has 1 N–H and O–H groups in total. The van der Waals surface area contributed by atoms with Crippen molar-refractivity contribution >= 4 is 5.69 Å². The van der Waals surface area contributed by atoms with Crippen LogP contribution in [0.5, 0.6) is 5.75 Å². The molecule has 2 aromatic carbocycles. The second-order valence-corrected chi connectivity index (χ2v) is 7.98. The minimum atomic E-state index is -0.210. The molecular formula is C24H31NO3. The first kappa shape index (κ1) is 19.3. The van der Waals surface area contributed by atoms with E-state index < -0.39 is 0 Å². The Bertz CT molecular complexity index is 798. The van der Waals surface area contributed by atoms with Crippen molar-refractivity contribution in [2.45, 2.75) is 57.3 Å². The number of methoxy groups -OCH3 is 2. The second kappa shape index (κ2) is 8.54. The molecule has 0 spiro atoms. The first-order valence-corrected chi connectivity index (χ1v) is 10.5. The summed E-state index contributed by atoms with van der Waals surface area (Å²) in [6.45, 7) is 1.02. The molecular weight excluding hydrogens is 350 g/mol. The molecule has 4 heteroatoms. The Morgan fingerprint density at radius 1 is 0.964 bits per heavy atom.